The fraction of sp³-hybridized carbons (Fsp3) is 0.684. The Kier molecular flexibility index (Phi) is 5.57. The van der Waals surface area contributed by atoms with Crippen molar-refractivity contribution in [3.8, 4) is 0 Å². The number of hydrogen-bond donors (Lipinski definition) is 0. The van der Waals surface area contributed by atoms with Gasteiger partial charge in [0.2, 0.25) is 0 Å². The number of hydrogen-bond acceptors (Lipinski definition) is 5. The number of likely N-dealkylation sites (N-methyl/N-ethyl adjacent to an activating group) is 1. The summed E-state index contributed by atoms with van der Waals surface area (Å²) < 4.78 is 2.13. The predicted molar refractivity (Wildman–Crippen MR) is 105 cm³/mol. The number of likely N-dealkylation sites (tertiary alicyclic amines) is 1. The van der Waals surface area contributed by atoms with E-state index in [1.807, 2.05) is 4.90 Å². The summed E-state index contributed by atoms with van der Waals surface area (Å²) in [6, 6.07) is 0. The second-order valence-electron chi connectivity index (χ2n) is 7.60. The molecule has 142 valence electrons. The average Bonchev–Trinajstić information content (AvgIpc) is 3.19. The highest BCUT2D eigenvalue weighted by atomic mass is 32.1. The summed E-state index contributed by atoms with van der Waals surface area (Å²) in [5.41, 5.74) is 1.74. The molecule has 0 radical (unpaired) electrons. The quantitative estimate of drug-likeness (QED) is 0.827. The van der Waals surface area contributed by atoms with E-state index in [4.69, 9.17) is 4.98 Å². The van der Waals surface area contributed by atoms with Crippen LogP contribution in [0.2, 0.25) is 0 Å². The van der Waals surface area contributed by atoms with Crippen LogP contribution in [0.4, 0.5) is 0 Å². The van der Waals surface area contributed by atoms with Crippen molar-refractivity contribution in [2.75, 3.05) is 46.3 Å². The van der Waals surface area contributed by atoms with Gasteiger partial charge in [-0.1, -0.05) is 19.3 Å². The van der Waals surface area contributed by atoms with Gasteiger partial charge in [-0.2, -0.15) is 0 Å². The second-order valence-corrected chi connectivity index (χ2v) is 8.48. The molecule has 0 unspecified atom stereocenters. The van der Waals surface area contributed by atoms with Crippen molar-refractivity contribution >= 4 is 22.2 Å². The number of carbonyl (C=O) groups is 1. The Bertz CT molecular complexity index is 738. The molecule has 0 bridgehead atoms. The van der Waals surface area contributed by atoms with E-state index in [0.29, 0.717) is 5.69 Å². The summed E-state index contributed by atoms with van der Waals surface area (Å²) in [7, 11) is 2.17. The van der Waals surface area contributed by atoms with Crippen LogP contribution in [0.25, 0.3) is 4.96 Å². The molecule has 0 N–H and O–H groups in total. The van der Waals surface area contributed by atoms with Crippen LogP contribution in [0.3, 0.4) is 0 Å². The van der Waals surface area contributed by atoms with Crippen LogP contribution in [0.5, 0.6) is 0 Å². The lowest BCUT2D eigenvalue weighted by molar-refractivity contribution is 0.0733. The molecule has 26 heavy (non-hydrogen) atoms. The zero-order valence-corrected chi connectivity index (χ0v) is 16.5. The topological polar surface area (TPSA) is 44.1 Å². The van der Waals surface area contributed by atoms with Crippen LogP contribution in [-0.2, 0) is 6.54 Å². The number of nitrogens with zero attached hydrogens (tertiary/aromatic N) is 5. The molecule has 2 aromatic rings. The third-order valence-corrected chi connectivity index (χ3v) is 6.43. The number of imidazole rings is 1. The zero-order valence-electron chi connectivity index (χ0n) is 15.7. The minimum absolute atomic E-state index is 0.131. The molecule has 0 atom stereocenters. The first-order valence-corrected chi connectivity index (χ1v) is 10.7. The summed E-state index contributed by atoms with van der Waals surface area (Å²) in [6.45, 7) is 6.81. The molecular formula is C19H29N5OS. The molecule has 4 rings (SSSR count). The first-order chi connectivity index (χ1) is 12.7. The van der Waals surface area contributed by atoms with Crippen molar-refractivity contribution in [3.63, 3.8) is 0 Å². The zero-order chi connectivity index (χ0) is 17.9. The number of piperazine rings is 1. The van der Waals surface area contributed by atoms with Gasteiger partial charge in [0, 0.05) is 57.4 Å². The van der Waals surface area contributed by atoms with Gasteiger partial charge in [-0.05, 0) is 19.9 Å². The van der Waals surface area contributed by atoms with Crippen LogP contribution in [0.1, 0.15) is 48.3 Å². The molecular weight excluding hydrogens is 346 g/mol. The lowest BCUT2D eigenvalue weighted by atomic mass is 10.1. The first-order valence-electron chi connectivity index (χ1n) is 9.87. The molecule has 0 aliphatic carbocycles. The molecule has 7 heteroatoms. The van der Waals surface area contributed by atoms with Crippen molar-refractivity contribution < 1.29 is 4.79 Å². The molecule has 1 amide bonds. The van der Waals surface area contributed by atoms with E-state index < -0.39 is 0 Å². The number of fused-ring (bicyclic) bond motifs is 1. The number of amides is 1. The van der Waals surface area contributed by atoms with Gasteiger partial charge in [0.05, 0.1) is 5.69 Å². The third-order valence-electron chi connectivity index (χ3n) is 5.68. The summed E-state index contributed by atoms with van der Waals surface area (Å²) in [6.07, 6.45) is 8.05. The smallest absolute Gasteiger partial charge is 0.274 e. The van der Waals surface area contributed by atoms with Gasteiger partial charge < -0.3 is 9.80 Å². The minimum atomic E-state index is 0.131. The van der Waals surface area contributed by atoms with Crippen molar-refractivity contribution in [2.45, 2.75) is 38.6 Å². The van der Waals surface area contributed by atoms with Crippen LogP contribution in [-0.4, -0.2) is 76.3 Å². The van der Waals surface area contributed by atoms with Gasteiger partial charge in [0.25, 0.3) is 5.91 Å². The van der Waals surface area contributed by atoms with E-state index in [1.165, 1.54) is 19.3 Å². The lowest BCUT2D eigenvalue weighted by Gasteiger charge is -2.32. The second kappa shape index (κ2) is 8.06. The summed E-state index contributed by atoms with van der Waals surface area (Å²) in [4.78, 5) is 25.8. The van der Waals surface area contributed by atoms with E-state index in [0.717, 1.165) is 69.3 Å². The summed E-state index contributed by atoms with van der Waals surface area (Å²) >= 11 is 1.61. The number of thiazole rings is 1. The van der Waals surface area contributed by atoms with E-state index in [1.54, 1.807) is 11.3 Å². The van der Waals surface area contributed by atoms with Crippen molar-refractivity contribution in [3.05, 3.63) is 23.0 Å². The van der Waals surface area contributed by atoms with Crippen molar-refractivity contribution in [1.29, 1.82) is 0 Å². The van der Waals surface area contributed by atoms with Crippen LogP contribution in [0.15, 0.2) is 11.6 Å². The van der Waals surface area contributed by atoms with Crippen LogP contribution in [0, 0.1) is 0 Å². The molecule has 4 heterocycles. The Hall–Kier alpha value is -1.44. The molecule has 0 spiro atoms. The van der Waals surface area contributed by atoms with Gasteiger partial charge >= 0.3 is 0 Å². The Labute approximate surface area is 159 Å². The highest BCUT2D eigenvalue weighted by Crippen LogP contribution is 2.22. The van der Waals surface area contributed by atoms with E-state index in [9.17, 15) is 4.79 Å². The van der Waals surface area contributed by atoms with Gasteiger partial charge in [0.1, 0.15) is 0 Å². The number of carbonyl (C=O) groups excluding carboxylic acids is 1. The van der Waals surface area contributed by atoms with E-state index >= 15 is 0 Å². The Morgan fingerprint density at radius 1 is 1.04 bits per heavy atom. The molecule has 0 aromatic carbocycles. The van der Waals surface area contributed by atoms with E-state index in [2.05, 4.69) is 32.8 Å². The summed E-state index contributed by atoms with van der Waals surface area (Å²) in [5.74, 6) is 0.131. The SMILES string of the molecule is CN1CCN(Cc2c(C(=O)N3CCCCCCC3)nc3sccn23)CC1. The highest BCUT2D eigenvalue weighted by Gasteiger charge is 2.26. The maximum absolute atomic E-state index is 13.3. The standard InChI is InChI=1S/C19H29N5OS/c1-21-9-11-22(12-10-21)15-16-17(20-19-24(16)13-14-26-19)18(25)23-7-5-3-2-4-6-8-23/h13-14H,2-12,15H2,1H3. The van der Waals surface area contributed by atoms with Crippen LogP contribution < -0.4 is 0 Å². The third kappa shape index (κ3) is 3.80. The van der Waals surface area contributed by atoms with Gasteiger partial charge in [-0.15, -0.1) is 11.3 Å². The van der Waals surface area contributed by atoms with Crippen molar-refractivity contribution in [1.82, 2.24) is 24.1 Å². The average molecular weight is 376 g/mol. The predicted octanol–water partition coefficient (Wildman–Crippen LogP) is 2.55. The maximum atomic E-state index is 13.3. The molecule has 6 nitrogen and oxygen atoms in total. The molecule has 2 aliphatic rings. The van der Waals surface area contributed by atoms with Gasteiger partial charge in [0.15, 0.2) is 10.7 Å². The normalized spacial score (nSPS) is 21.0. The first kappa shape index (κ1) is 17.9. The largest absolute Gasteiger partial charge is 0.337 e. The Balaban J connectivity index is 1.57. The highest BCUT2D eigenvalue weighted by molar-refractivity contribution is 7.15. The number of aromatic nitrogens is 2. The molecule has 2 aromatic heterocycles. The lowest BCUT2D eigenvalue weighted by Crippen LogP contribution is -2.44. The molecule has 0 saturated carbocycles. The Morgan fingerprint density at radius 3 is 2.46 bits per heavy atom. The molecule has 2 aliphatic heterocycles. The maximum Gasteiger partial charge on any atom is 0.274 e. The Morgan fingerprint density at radius 2 is 1.73 bits per heavy atom. The molecule has 2 fully saturated rings. The van der Waals surface area contributed by atoms with Gasteiger partial charge in [-0.3, -0.25) is 14.1 Å². The fourth-order valence-corrected chi connectivity index (χ4v) is 4.71. The summed E-state index contributed by atoms with van der Waals surface area (Å²) in [5, 5.41) is 2.06. The fourth-order valence-electron chi connectivity index (χ4n) is 3.97. The van der Waals surface area contributed by atoms with Gasteiger partial charge in [-0.25, -0.2) is 4.98 Å². The minimum Gasteiger partial charge on any atom is -0.337 e. The number of rotatable bonds is 3. The van der Waals surface area contributed by atoms with Crippen molar-refractivity contribution in [2.24, 2.45) is 0 Å². The van der Waals surface area contributed by atoms with E-state index in [-0.39, 0.29) is 5.91 Å². The molecule has 2 saturated heterocycles. The van der Waals surface area contributed by atoms with Crippen LogP contribution >= 0.6 is 11.3 Å². The monoisotopic (exact) mass is 375 g/mol.